The third-order valence-electron chi connectivity index (χ3n) is 2.91. The smallest absolute Gasteiger partial charge is 0.126 e. The van der Waals surface area contributed by atoms with Crippen LogP contribution in [0.1, 0.15) is 31.2 Å². The monoisotopic (exact) mass is 280 g/mol. The van der Waals surface area contributed by atoms with Gasteiger partial charge in [-0.1, -0.05) is 29.8 Å². The molecule has 2 rings (SSSR count). The predicted molar refractivity (Wildman–Crippen MR) is 74.6 cm³/mol. The predicted octanol–water partition coefficient (Wildman–Crippen LogP) is 3.04. The fraction of sp³-hybridized carbons (Fsp3) is 0.357. The maximum absolute atomic E-state index is 10.6. The number of nitrogens with zero attached hydrogens (tertiary/aromatic N) is 2. The lowest BCUT2D eigenvalue weighted by molar-refractivity contribution is 0.200. The number of halogens is 1. The maximum atomic E-state index is 10.6. The van der Waals surface area contributed by atoms with Crippen molar-refractivity contribution in [3.05, 3.63) is 46.7 Å². The summed E-state index contributed by atoms with van der Waals surface area (Å²) in [6.45, 7) is 5.06. The number of hydrogen-bond acceptors (Lipinski definition) is 3. The standard InChI is InChI=1S/C14H17ClN2O2/c1-3-17-13(11(15)9-16-17)14(18)10-7-5-6-8-12(10)19-4-2/h5-9,14,18H,3-4H2,1-2H3. The van der Waals surface area contributed by atoms with Crippen LogP contribution in [0.2, 0.25) is 5.02 Å². The van der Waals surface area contributed by atoms with Crippen LogP contribution in [0.15, 0.2) is 30.5 Å². The van der Waals surface area contributed by atoms with Gasteiger partial charge in [0.05, 0.1) is 23.5 Å². The van der Waals surface area contributed by atoms with Crippen molar-refractivity contribution in [1.29, 1.82) is 0 Å². The molecule has 102 valence electrons. The molecular weight excluding hydrogens is 264 g/mol. The lowest BCUT2D eigenvalue weighted by Crippen LogP contribution is -2.11. The molecule has 1 atom stereocenters. The van der Waals surface area contributed by atoms with Crippen molar-refractivity contribution in [2.24, 2.45) is 0 Å². The third kappa shape index (κ3) is 2.74. The Morgan fingerprint density at radius 1 is 1.37 bits per heavy atom. The average Bonchev–Trinajstić information content (AvgIpc) is 2.80. The normalized spacial score (nSPS) is 12.4. The fourth-order valence-electron chi connectivity index (χ4n) is 2.04. The minimum atomic E-state index is -0.849. The highest BCUT2D eigenvalue weighted by atomic mass is 35.5. The lowest BCUT2D eigenvalue weighted by atomic mass is 10.1. The highest BCUT2D eigenvalue weighted by molar-refractivity contribution is 6.31. The van der Waals surface area contributed by atoms with Gasteiger partial charge in [0.25, 0.3) is 0 Å². The average molecular weight is 281 g/mol. The van der Waals surface area contributed by atoms with E-state index in [1.807, 2.05) is 38.1 Å². The highest BCUT2D eigenvalue weighted by Crippen LogP contribution is 2.33. The summed E-state index contributed by atoms with van der Waals surface area (Å²) in [5.74, 6) is 0.664. The summed E-state index contributed by atoms with van der Waals surface area (Å²) >= 11 is 6.11. The van der Waals surface area contributed by atoms with Gasteiger partial charge in [0, 0.05) is 12.1 Å². The first-order valence-corrected chi connectivity index (χ1v) is 6.67. The van der Waals surface area contributed by atoms with Gasteiger partial charge in [0.15, 0.2) is 0 Å². The Kier molecular flexibility index (Phi) is 4.45. The van der Waals surface area contributed by atoms with E-state index in [0.29, 0.717) is 35.2 Å². The van der Waals surface area contributed by atoms with Crippen molar-refractivity contribution in [1.82, 2.24) is 9.78 Å². The Balaban J connectivity index is 2.43. The number of benzene rings is 1. The molecule has 0 spiro atoms. The Hall–Kier alpha value is -1.52. The Bertz CT molecular complexity index is 554. The fourth-order valence-corrected chi connectivity index (χ4v) is 2.28. The van der Waals surface area contributed by atoms with E-state index in [0.717, 1.165) is 0 Å². The summed E-state index contributed by atoms with van der Waals surface area (Å²) in [7, 11) is 0. The molecule has 1 aromatic carbocycles. The van der Waals surface area contributed by atoms with Gasteiger partial charge in [0.2, 0.25) is 0 Å². The van der Waals surface area contributed by atoms with Crippen molar-refractivity contribution in [3.8, 4) is 5.75 Å². The molecule has 2 aromatic rings. The molecule has 0 bridgehead atoms. The minimum absolute atomic E-state index is 0.459. The Morgan fingerprint density at radius 2 is 2.11 bits per heavy atom. The van der Waals surface area contributed by atoms with Crippen LogP contribution in [0.5, 0.6) is 5.75 Å². The zero-order valence-electron chi connectivity index (χ0n) is 11.0. The number of ether oxygens (including phenoxy) is 1. The molecule has 0 aliphatic rings. The van der Waals surface area contributed by atoms with E-state index in [2.05, 4.69) is 5.10 Å². The van der Waals surface area contributed by atoms with Gasteiger partial charge in [-0.15, -0.1) is 0 Å². The molecule has 1 aromatic heterocycles. The topological polar surface area (TPSA) is 47.3 Å². The minimum Gasteiger partial charge on any atom is -0.493 e. The summed E-state index contributed by atoms with van der Waals surface area (Å²) in [5.41, 5.74) is 1.29. The molecular formula is C14H17ClN2O2. The number of aliphatic hydroxyl groups is 1. The largest absolute Gasteiger partial charge is 0.493 e. The summed E-state index contributed by atoms with van der Waals surface area (Å²) in [4.78, 5) is 0. The molecule has 4 nitrogen and oxygen atoms in total. The van der Waals surface area contributed by atoms with E-state index in [1.54, 1.807) is 10.9 Å². The van der Waals surface area contributed by atoms with Crippen LogP contribution in [0, 0.1) is 0 Å². The van der Waals surface area contributed by atoms with Gasteiger partial charge >= 0.3 is 0 Å². The first-order chi connectivity index (χ1) is 9.19. The van der Waals surface area contributed by atoms with Crippen molar-refractivity contribution in [2.75, 3.05) is 6.61 Å². The van der Waals surface area contributed by atoms with E-state index >= 15 is 0 Å². The van der Waals surface area contributed by atoms with Crippen molar-refractivity contribution >= 4 is 11.6 Å². The first kappa shape index (κ1) is 13.9. The molecule has 1 N–H and O–H groups in total. The van der Waals surface area contributed by atoms with E-state index < -0.39 is 6.10 Å². The Morgan fingerprint density at radius 3 is 2.79 bits per heavy atom. The molecule has 19 heavy (non-hydrogen) atoms. The van der Waals surface area contributed by atoms with E-state index in [-0.39, 0.29) is 0 Å². The molecule has 0 saturated carbocycles. The summed E-state index contributed by atoms with van der Waals surface area (Å²) in [6.07, 6.45) is 0.699. The second-order valence-electron chi connectivity index (χ2n) is 4.07. The number of aromatic nitrogens is 2. The number of para-hydroxylation sites is 1. The zero-order valence-corrected chi connectivity index (χ0v) is 11.8. The second kappa shape index (κ2) is 6.08. The van der Waals surface area contributed by atoms with Gasteiger partial charge < -0.3 is 9.84 Å². The lowest BCUT2D eigenvalue weighted by Gasteiger charge is -2.17. The van der Waals surface area contributed by atoms with Gasteiger partial charge in [-0.25, -0.2) is 0 Å². The molecule has 0 amide bonds. The summed E-state index contributed by atoms with van der Waals surface area (Å²) in [6, 6.07) is 7.41. The Labute approximate surface area is 117 Å². The van der Waals surface area contributed by atoms with Crippen LogP contribution < -0.4 is 4.74 Å². The van der Waals surface area contributed by atoms with Crippen molar-refractivity contribution < 1.29 is 9.84 Å². The molecule has 0 radical (unpaired) electrons. The van der Waals surface area contributed by atoms with Gasteiger partial charge in [-0.2, -0.15) is 5.10 Å². The molecule has 1 unspecified atom stereocenters. The molecule has 5 heteroatoms. The van der Waals surface area contributed by atoms with Crippen LogP contribution in [0.4, 0.5) is 0 Å². The molecule has 1 heterocycles. The zero-order chi connectivity index (χ0) is 13.8. The van der Waals surface area contributed by atoms with E-state index in [4.69, 9.17) is 16.3 Å². The molecule has 0 fully saturated rings. The second-order valence-corrected chi connectivity index (χ2v) is 4.47. The van der Waals surface area contributed by atoms with Crippen molar-refractivity contribution in [2.45, 2.75) is 26.5 Å². The SMILES string of the molecule is CCOc1ccccc1C(O)c1c(Cl)cnn1CC. The molecule has 0 aliphatic heterocycles. The third-order valence-corrected chi connectivity index (χ3v) is 3.20. The van der Waals surface area contributed by atoms with E-state index in [1.165, 1.54) is 0 Å². The van der Waals surface area contributed by atoms with Crippen LogP contribution >= 0.6 is 11.6 Å². The first-order valence-electron chi connectivity index (χ1n) is 6.30. The van der Waals surface area contributed by atoms with Gasteiger partial charge in [-0.3, -0.25) is 4.68 Å². The quantitative estimate of drug-likeness (QED) is 0.916. The molecule has 0 saturated heterocycles. The summed E-state index contributed by atoms with van der Waals surface area (Å²) in [5, 5.41) is 15.2. The van der Waals surface area contributed by atoms with Crippen LogP contribution in [-0.2, 0) is 6.54 Å². The van der Waals surface area contributed by atoms with Crippen LogP contribution in [-0.4, -0.2) is 21.5 Å². The number of hydrogen-bond donors (Lipinski definition) is 1. The van der Waals surface area contributed by atoms with E-state index in [9.17, 15) is 5.11 Å². The number of aryl methyl sites for hydroxylation is 1. The van der Waals surface area contributed by atoms with Crippen molar-refractivity contribution in [3.63, 3.8) is 0 Å². The van der Waals surface area contributed by atoms with Crippen LogP contribution in [0.25, 0.3) is 0 Å². The van der Waals surface area contributed by atoms with Gasteiger partial charge in [-0.05, 0) is 19.9 Å². The van der Waals surface area contributed by atoms with Gasteiger partial charge in [0.1, 0.15) is 11.9 Å². The summed E-state index contributed by atoms with van der Waals surface area (Å²) < 4.78 is 7.23. The highest BCUT2D eigenvalue weighted by Gasteiger charge is 2.22. The maximum Gasteiger partial charge on any atom is 0.126 e. The number of rotatable bonds is 5. The molecule has 0 aliphatic carbocycles. The van der Waals surface area contributed by atoms with Crippen LogP contribution in [0.3, 0.4) is 0 Å². The number of aliphatic hydroxyl groups excluding tert-OH is 1.